The fourth-order valence-electron chi connectivity index (χ4n) is 14.9. The van der Waals surface area contributed by atoms with Crippen LogP contribution in [-0.2, 0) is 30.1 Å². The van der Waals surface area contributed by atoms with E-state index in [0.29, 0.717) is 12.3 Å². The molecule has 95 heavy (non-hydrogen) atoms. The van der Waals surface area contributed by atoms with Crippen LogP contribution in [0, 0.1) is 34.9 Å². The summed E-state index contributed by atoms with van der Waals surface area (Å²) in [6, 6.07) is 61.4. The van der Waals surface area contributed by atoms with Crippen molar-refractivity contribution < 1.29 is 26.3 Å². The van der Waals surface area contributed by atoms with E-state index in [4.69, 9.17) is 0 Å². The molecule has 2 aliphatic rings. The van der Waals surface area contributed by atoms with Crippen molar-refractivity contribution in [1.82, 2.24) is 0 Å². The lowest BCUT2D eigenvalue weighted by molar-refractivity contribution is 0.475. The Balaban J connectivity index is 0.000000155. The van der Waals surface area contributed by atoms with Crippen molar-refractivity contribution in [2.45, 2.75) is 110 Å². The second kappa shape index (κ2) is 24.8. The Kier molecular flexibility index (Phi) is 16.6. The van der Waals surface area contributed by atoms with Gasteiger partial charge in [-0.05, 0) is 305 Å². The standard InChI is InChI=1S/C48H38F4N2.C24H22Br2.C13H10F2/c1-28(2)40-27-44(54(36-17-9-32(51)10-18-36)37-19-11-33(52)12-20-37)41-26-42-45-29(23-24-48(42,3)4)25-43(39-22-21-38(40)46(41)47(39)45)53(34-13-5-30(49)6-14-34)35-15-7-31(50)8-16-35;1-12(2)16-11-20(26)17-10-18-21-13(7-8-24(18,3)4)9-19(25)15-6-5-14(16)22(17)23(15)21;14-12-5-1-10(2-6-12)9-11-3-7-13(15)8-4-11/h5-22,25-28H,23-24H2,1-4H3;5-6,9-12H,7-8H2,1-4H3;1-8H,9H2. The second-order valence-corrected chi connectivity index (χ2v) is 29.3. The Hall–Kier alpha value is -8.70. The number of rotatable bonds is 10. The van der Waals surface area contributed by atoms with Crippen LogP contribution in [0.1, 0.15) is 125 Å². The number of benzene rings is 14. The number of hydrogen-bond acceptors (Lipinski definition) is 2. The molecule has 0 unspecified atom stereocenters. The van der Waals surface area contributed by atoms with Gasteiger partial charge in [-0.1, -0.05) is 136 Å². The molecule has 0 bridgehead atoms. The third kappa shape index (κ3) is 11.7. The van der Waals surface area contributed by atoms with Crippen molar-refractivity contribution in [3.63, 3.8) is 0 Å². The van der Waals surface area contributed by atoms with Crippen molar-refractivity contribution in [1.29, 1.82) is 0 Å². The van der Waals surface area contributed by atoms with Crippen LogP contribution >= 0.6 is 31.9 Å². The normalized spacial score (nSPS) is 13.9. The zero-order valence-corrected chi connectivity index (χ0v) is 57.4. The zero-order valence-electron chi connectivity index (χ0n) is 54.2. The lowest BCUT2D eigenvalue weighted by atomic mass is 9.70. The topological polar surface area (TPSA) is 6.48 Å². The van der Waals surface area contributed by atoms with Crippen LogP contribution in [-0.4, -0.2) is 0 Å². The molecule has 0 saturated carbocycles. The van der Waals surface area contributed by atoms with Crippen LogP contribution in [0.4, 0.5) is 60.5 Å². The van der Waals surface area contributed by atoms with Crippen molar-refractivity contribution in [2.75, 3.05) is 9.80 Å². The predicted molar refractivity (Wildman–Crippen MR) is 391 cm³/mol. The van der Waals surface area contributed by atoms with Gasteiger partial charge in [-0.15, -0.1) is 0 Å². The van der Waals surface area contributed by atoms with Gasteiger partial charge in [0.15, 0.2) is 0 Å². The van der Waals surface area contributed by atoms with Gasteiger partial charge in [-0.2, -0.15) is 0 Å². The van der Waals surface area contributed by atoms with Gasteiger partial charge in [-0.3, -0.25) is 0 Å². The van der Waals surface area contributed by atoms with Gasteiger partial charge >= 0.3 is 0 Å². The fourth-order valence-corrected chi connectivity index (χ4v) is 16.1. The maximum atomic E-state index is 14.4. The van der Waals surface area contributed by atoms with Crippen LogP contribution in [0.2, 0.25) is 0 Å². The monoisotopic (exact) mass is 1390 g/mol. The highest BCUT2D eigenvalue weighted by molar-refractivity contribution is 9.11. The van der Waals surface area contributed by atoms with Crippen LogP contribution in [0.15, 0.2) is 215 Å². The second-order valence-electron chi connectivity index (χ2n) is 27.6. The van der Waals surface area contributed by atoms with Crippen LogP contribution in [0.3, 0.4) is 0 Å². The molecular formula is C85H70Br2F6N2. The third-order valence-corrected chi connectivity index (χ3v) is 21.2. The molecule has 14 aromatic carbocycles. The van der Waals surface area contributed by atoms with E-state index >= 15 is 0 Å². The van der Waals surface area contributed by atoms with Crippen LogP contribution in [0.25, 0.3) is 64.6 Å². The summed E-state index contributed by atoms with van der Waals surface area (Å²) >= 11 is 7.77. The molecule has 10 heteroatoms. The molecule has 476 valence electrons. The lowest BCUT2D eigenvalue weighted by Crippen LogP contribution is -2.24. The maximum Gasteiger partial charge on any atom is 0.123 e. The molecule has 0 saturated heterocycles. The first-order chi connectivity index (χ1) is 45.5. The molecule has 0 atom stereocenters. The molecular weight excluding hydrogens is 1320 g/mol. The molecule has 0 amide bonds. The summed E-state index contributed by atoms with van der Waals surface area (Å²) in [5.41, 5.74) is 15.0. The van der Waals surface area contributed by atoms with Crippen LogP contribution in [0.5, 0.6) is 0 Å². The quantitative estimate of drug-likeness (QED) is 0.0995. The van der Waals surface area contributed by atoms with Gasteiger partial charge in [-0.25, -0.2) is 26.3 Å². The van der Waals surface area contributed by atoms with E-state index in [9.17, 15) is 26.3 Å². The van der Waals surface area contributed by atoms with E-state index in [1.54, 1.807) is 72.8 Å². The highest BCUT2D eigenvalue weighted by Gasteiger charge is 2.35. The molecule has 0 radical (unpaired) electrons. The Morgan fingerprint density at radius 2 is 0.663 bits per heavy atom. The average molecular weight is 1390 g/mol. The number of halogens is 8. The Morgan fingerprint density at radius 3 is 1.08 bits per heavy atom. The summed E-state index contributed by atoms with van der Waals surface area (Å²) < 4.78 is 85.2. The van der Waals surface area contributed by atoms with Crippen molar-refractivity contribution in [3.8, 4) is 0 Å². The molecule has 14 aromatic rings. The summed E-state index contributed by atoms with van der Waals surface area (Å²) in [4.78, 5) is 4.19. The average Bonchev–Trinajstić information content (AvgIpc) is 0.701. The first-order valence-electron chi connectivity index (χ1n) is 32.6. The summed E-state index contributed by atoms with van der Waals surface area (Å²) in [6.07, 6.45) is 4.85. The molecule has 0 aromatic heterocycles. The highest BCUT2D eigenvalue weighted by Crippen LogP contribution is 2.56. The summed E-state index contributed by atoms with van der Waals surface area (Å²) in [5, 5.41) is 15.2. The third-order valence-electron chi connectivity index (χ3n) is 19.9. The van der Waals surface area contributed by atoms with E-state index in [0.717, 1.165) is 97.0 Å². The molecule has 0 fully saturated rings. The van der Waals surface area contributed by atoms with E-state index < -0.39 is 0 Å². The molecule has 0 heterocycles. The van der Waals surface area contributed by atoms with E-state index in [1.807, 2.05) is 0 Å². The molecule has 2 aliphatic carbocycles. The zero-order chi connectivity index (χ0) is 66.5. The number of aryl methyl sites for hydroxylation is 2. The maximum absolute atomic E-state index is 14.4. The van der Waals surface area contributed by atoms with Gasteiger partial charge < -0.3 is 9.80 Å². The molecule has 0 N–H and O–H groups in total. The highest BCUT2D eigenvalue weighted by atomic mass is 79.9. The first kappa shape index (κ1) is 63.7. The van der Waals surface area contributed by atoms with E-state index in [1.165, 1.54) is 154 Å². The van der Waals surface area contributed by atoms with Gasteiger partial charge in [0.1, 0.15) is 34.9 Å². The smallest absolute Gasteiger partial charge is 0.123 e. The largest absolute Gasteiger partial charge is 0.310 e. The summed E-state index contributed by atoms with van der Waals surface area (Å²) in [6.45, 7) is 18.4. The van der Waals surface area contributed by atoms with E-state index in [2.05, 4.69) is 158 Å². The summed E-state index contributed by atoms with van der Waals surface area (Å²) in [5.74, 6) is -1.18. The van der Waals surface area contributed by atoms with Gasteiger partial charge in [0.25, 0.3) is 0 Å². The van der Waals surface area contributed by atoms with E-state index in [-0.39, 0.29) is 51.7 Å². The molecule has 16 rings (SSSR count). The predicted octanol–water partition coefficient (Wildman–Crippen LogP) is 26.4. The number of nitrogens with zero attached hydrogens (tertiary/aromatic N) is 2. The van der Waals surface area contributed by atoms with Gasteiger partial charge in [0.05, 0.1) is 11.4 Å². The van der Waals surface area contributed by atoms with Gasteiger partial charge in [0, 0.05) is 47.9 Å². The Morgan fingerprint density at radius 1 is 0.337 bits per heavy atom. The minimum atomic E-state index is -0.339. The minimum Gasteiger partial charge on any atom is -0.310 e. The molecule has 0 spiro atoms. The first-order valence-corrected chi connectivity index (χ1v) is 34.2. The van der Waals surface area contributed by atoms with Crippen molar-refractivity contribution >= 4 is 131 Å². The molecule has 2 nitrogen and oxygen atoms in total. The summed E-state index contributed by atoms with van der Waals surface area (Å²) in [7, 11) is 0. The lowest BCUT2D eigenvalue weighted by Gasteiger charge is -2.37. The number of hydrogen-bond donors (Lipinski definition) is 0. The Bertz CT molecular complexity index is 5090. The minimum absolute atomic E-state index is 0.147. The van der Waals surface area contributed by atoms with Gasteiger partial charge in [0.2, 0.25) is 0 Å². The van der Waals surface area contributed by atoms with Crippen LogP contribution < -0.4 is 9.80 Å². The molecule has 0 aliphatic heterocycles. The Labute approximate surface area is 567 Å². The number of anilines is 6. The SMILES string of the molecule is CC(C)c1cc(Br)c2cc3c4c(cc(Br)c5ccc1c2c54)CCC3(C)C.CC(C)c1cc(N(c2ccc(F)cc2)c2ccc(F)cc2)c2cc3c4c(cc(N(c5ccc(F)cc5)c5ccc(F)cc5)c5ccc1c2c54)CCC3(C)C.Fc1ccc(Cc2ccc(F)cc2)cc1. The van der Waals surface area contributed by atoms with Crippen molar-refractivity contribution in [3.05, 3.63) is 295 Å². The van der Waals surface area contributed by atoms with Crippen molar-refractivity contribution in [2.24, 2.45) is 0 Å². The fraction of sp³-hybridized carbons (Fsp3) is 0.200.